The third kappa shape index (κ3) is 6.36. The van der Waals surface area contributed by atoms with Crippen molar-refractivity contribution in [3.05, 3.63) is 84.1 Å². The van der Waals surface area contributed by atoms with Gasteiger partial charge in [0.2, 0.25) is 23.7 Å². The van der Waals surface area contributed by atoms with Crippen LogP contribution in [0.15, 0.2) is 78.0 Å². The molecule has 1 heterocycles. The van der Waals surface area contributed by atoms with Gasteiger partial charge >= 0.3 is 0 Å². The first-order valence-corrected chi connectivity index (χ1v) is 12.6. The first-order valence-electron chi connectivity index (χ1n) is 11.2. The minimum atomic E-state index is -3.77. The molecule has 0 unspecified atom stereocenters. The number of rotatable bonds is 9. The Morgan fingerprint density at radius 2 is 1.31 bits per heavy atom. The fourth-order valence-electron chi connectivity index (χ4n) is 4.16. The van der Waals surface area contributed by atoms with Gasteiger partial charge in [0.1, 0.15) is 0 Å². The maximum absolute atomic E-state index is 13.8. The van der Waals surface area contributed by atoms with E-state index >= 15 is 0 Å². The molecule has 32 heavy (non-hydrogen) atoms. The quantitative estimate of drug-likeness (QED) is 0.444. The number of nitrogens with zero attached hydrogens (tertiary/aromatic N) is 3. The predicted molar refractivity (Wildman–Crippen MR) is 134 cm³/mol. The van der Waals surface area contributed by atoms with Crippen LogP contribution >= 0.6 is 0 Å². The molecule has 0 spiro atoms. The number of hydrogen-bond acceptors (Lipinski definition) is 3. The average Bonchev–Trinajstić information content (AvgIpc) is 3.17. The molecule has 0 atom stereocenters. The lowest BCUT2D eigenvalue weighted by molar-refractivity contribution is 0.322. The highest BCUT2D eigenvalue weighted by atomic mass is 32.2. The highest BCUT2D eigenvalue weighted by molar-refractivity contribution is 7.91. The molecule has 0 aliphatic carbocycles. The lowest BCUT2D eigenvalue weighted by Crippen LogP contribution is -2.52. The van der Waals surface area contributed by atoms with Gasteiger partial charge in [-0.2, -0.15) is 5.10 Å². The predicted octanol–water partition coefficient (Wildman–Crippen LogP) is 4.73. The molecule has 0 aliphatic rings. The van der Waals surface area contributed by atoms with Gasteiger partial charge in [0.25, 0.3) is 0 Å². The SMILES string of the molecule is CB(Cc1ccccc1)N(B(C)Cc1ccccc1)S(=O)(=O)c1ccn(CC(C)(C)C)n1. The van der Waals surface area contributed by atoms with Crippen molar-refractivity contribution >= 4 is 23.7 Å². The largest absolute Gasteiger partial charge is 0.276 e. The van der Waals surface area contributed by atoms with Gasteiger partial charge in [0.05, 0.1) is 0 Å². The Morgan fingerprint density at radius 3 is 1.75 bits per heavy atom. The summed E-state index contributed by atoms with van der Waals surface area (Å²) in [7, 11) is -3.77. The third-order valence-corrected chi connectivity index (χ3v) is 7.43. The van der Waals surface area contributed by atoms with Crippen molar-refractivity contribution in [2.45, 2.75) is 58.6 Å². The van der Waals surface area contributed by atoms with Gasteiger partial charge in [-0.1, -0.05) is 106 Å². The molecule has 0 radical (unpaired) electrons. The molecule has 0 saturated heterocycles. The van der Waals surface area contributed by atoms with Gasteiger partial charge in [0, 0.05) is 12.7 Å². The fraction of sp³-hybridized carbons (Fsp3) is 0.375. The Hall–Kier alpha value is -2.31. The molecule has 0 saturated carbocycles. The summed E-state index contributed by atoms with van der Waals surface area (Å²) in [5, 5.41) is 4.57. The Kier molecular flexibility index (Phi) is 7.67. The summed E-state index contributed by atoms with van der Waals surface area (Å²) in [4.78, 5) is 0. The summed E-state index contributed by atoms with van der Waals surface area (Å²) in [6.45, 7) is 10.5. The van der Waals surface area contributed by atoms with Crippen LogP contribution in [-0.2, 0) is 29.2 Å². The molecule has 0 N–H and O–H groups in total. The van der Waals surface area contributed by atoms with Crippen molar-refractivity contribution in [3.63, 3.8) is 0 Å². The van der Waals surface area contributed by atoms with Crippen LogP contribution in [-0.4, -0.2) is 36.0 Å². The molecule has 1 aromatic heterocycles. The van der Waals surface area contributed by atoms with Crippen molar-refractivity contribution < 1.29 is 8.42 Å². The van der Waals surface area contributed by atoms with Crippen LogP contribution in [0.5, 0.6) is 0 Å². The zero-order valence-corrected chi connectivity index (χ0v) is 20.6. The van der Waals surface area contributed by atoms with E-state index < -0.39 is 10.0 Å². The topological polar surface area (TPSA) is 55.2 Å². The van der Waals surface area contributed by atoms with E-state index in [4.69, 9.17) is 0 Å². The summed E-state index contributed by atoms with van der Waals surface area (Å²) in [6, 6.07) is 21.7. The molecule has 0 aliphatic heterocycles. The molecule has 3 rings (SSSR count). The van der Waals surface area contributed by atoms with Gasteiger partial charge in [-0.25, -0.2) is 8.42 Å². The summed E-state index contributed by atoms with van der Waals surface area (Å²) >= 11 is 0. The van der Waals surface area contributed by atoms with Gasteiger partial charge in [-0.3, -0.25) is 8.81 Å². The van der Waals surface area contributed by atoms with Crippen LogP contribution < -0.4 is 0 Å². The summed E-state index contributed by atoms with van der Waals surface area (Å²) < 4.78 is 31.0. The smallest absolute Gasteiger partial charge is 0.242 e. The van der Waals surface area contributed by atoms with E-state index in [0.717, 1.165) is 11.1 Å². The average molecular weight is 449 g/mol. The van der Waals surface area contributed by atoms with Gasteiger partial charge in [-0.15, -0.1) is 0 Å². The monoisotopic (exact) mass is 449 g/mol. The second-order valence-corrected chi connectivity index (χ2v) is 11.6. The van der Waals surface area contributed by atoms with Crippen LogP contribution in [0, 0.1) is 5.41 Å². The molecule has 5 nitrogen and oxygen atoms in total. The van der Waals surface area contributed by atoms with E-state index in [1.165, 1.54) is 0 Å². The van der Waals surface area contributed by atoms with Gasteiger partial charge in [0.15, 0.2) is 5.03 Å². The minimum absolute atomic E-state index is 0.00788. The number of aromatic nitrogens is 2. The van der Waals surface area contributed by atoms with Crippen molar-refractivity contribution in [2.75, 3.05) is 0 Å². The van der Waals surface area contributed by atoms with Crippen molar-refractivity contribution in [1.29, 1.82) is 0 Å². The zero-order valence-electron chi connectivity index (χ0n) is 19.8. The van der Waals surface area contributed by atoms with Crippen molar-refractivity contribution in [3.8, 4) is 0 Å². The van der Waals surface area contributed by atoms with E-state index in [1.54, 1.807) is 21.1 Å². The van der Waals surface area contributed by atoms with Crippen LogP contribution in [0.3, 0.4) is 0 Å². The van der Waals surface area contributed by atoms with Crippen molar-refractivity contribution in [1.82, 2.24) is 13.9 Å². The van der Waals surface area contributed by atoms with Crippen molar-refractivity contribution in [2.24, 2.45) is 5.41 Å². The van der Waals surface area contributed by atoms with Crippen LogP contribution in [0.25, 0.3) is 0 Å². The lowest BCUT2D eigenvalue weighted by atomic mass is 9.48. The van der Waals surface area contributed by atoms with Gasteiger partial charge < -0.3 is 0 Å². The third-order valence-electron chi connectivity index (χ3n) is 5.41. The Balaban J connectivity index is 1.92. The summed E-state index contributed by atoms with van der Waals surface area (Å²) in [5.41, 5.74) is 2.24. The number of benzene rings is 2. The normalized spacial score (nSPS) is 12.2. The fourth-order valence-corrected chi connectivity index (χ4v) is 5.91. The molecule has 2 aromatic carbocycles. The maximum atomic E-state index is 13.8. The Labute approximate surface area is 194 Å². The highest BCUT2D eigenvalue weighted by Gasteiger charge is 2.38. The molecule has 168 valence electrons. The lowest BCUT2D eigenvalue weighted by Gasteiger charge is -2.30. The van der Waals surface area contributed by atoms with E-state index in [2.05, 4.69) is 25.9 Å². The molecule has 0 amide bonds. The molecule has 3 aromatic rings. The molecule has 8 heteroatoms. The zero-order chi connectivity index (χ0) is 23.4. The van der Waals surface area contributed by atoms with E-state index in [0.29, 0.717) is 19.2 Å². The molecular formula is C24H33B2N3O2S. The summed E-state index contributed by atoms with van der Waals surface area (Å²) in [6.07, 6.45) is 3.05. The van der Waals surface area contributed by atoms with E-state index in [-0.39, 0.29) is 24.1 Å². The number of sulfonamides is 1. The highest BCUT2D eigenvalue weighted by Crippen LogP contribution is 2.22. The van der Waals surface area contributed by atoms with Crippen LogP contribution in [0.4, 0.5) is 0 Å². The minimum Gasteiger partial charge on any atom is -0.276 e. The van der Waals surface area contributed by atoms with E-state index in [1.807, 2.05) is 74.3 Å². The number of hydrogen-bond donors (Lipinski definition) is 0. The standard InChI is InChI=1S/C24H33B2N3O2S/c1-24(2,3)20-28-17-16-23(27-28)32(30,31)29(25(4)18-21-12-8-6-9-13-21)26(5)19-22-14-10-7-11-15-22/h6-17H,18-20H2,1-5H3. The van der Waals surface area contributed by atoms with Gasteiger partial charge in [-0.05, 0) is 24.1 Å². The first-order chi connectivity index (χ1) is 15.1. The van der Waals surface area contributed by atoms with E-state index in [9.17, 15) is 8.42 Å². The first kappa shape index (κ1) is 24.3. The molecule has 0 fully saturated rings. The van der Waals surface area contributed by atoms with Crippen LogP contribution in [0.2, 0.25) is 13.6 Å². The van der Waals surface area contributed by atoms with Crippen LogP contribution in [0.1, 0.15) is 31.9 Å². The molecule has 0 bridgehead atoms. The summed E-state index contributed by atoms with van der Waals surface area (Å²) in [5.74, 6) is 0. The Bertz CT molecular complexity index is 1050. The second kappa shape index (κ2) is 10.1. The molecular weight excluding hydrogens is 416 g/mol. The Morgan fingerprint density at radius 1 is 0.844 bits per heavy atom. The maximum Gasteiger partial charge on any atom is 0.242 e. The second-order valence-electron chi connectivity index (χ2n) is 9.82.